The van der Waals surface area contributed by atoms with Crippen molar-refractivity contribution < 1.29 is 8.83 Å². The van der Waals surface area contributed by atoms with Crippen LogP contribution in [-0.2, 0) is 0 Å². The third-order valence-electron chi connectivity index (χ3n) is 11.4. The summed E-state index contributed by atoms with van der Waals surface area (Å²) in [5.41, 5.74) is 12.3. The van der Waals surface area contributed by atoms with Crippen LogP contribution in [0.4, 0.5) is 17.1 Å². The maximum absolute atomic E-state index is 6.76. The third kappa shape index (κ3) is 4.53. The fourth-order valence-corrected chi connectivity index (χ4v) is 8.91. The molecule has 0 aliphatic rings. The van der Waals surface area contributed by atoms with E-state index >= 15 is 0 Å². The van der Waals surface area contributed by atoms with Crippen LogP contribution in [0.3, 0.4) is 0 Å². The van der Waals surface area contributed by atoms with E-state index in [1.807, 2.05) is 12.1 Å². The molecule has 0 saturated heterocycles. The largest absolute Gasteiger partial charge is 0.456 e. The summed E-state index contributed by atoms with van der Waals surface area (Å²) in [4.78, 5) is 2.41. The first-order valence-electron chi connectivity index (χ1n) is 19.0. The number of nitrogens with zero attached hydrogens (tertiary/aromatic N) is 2. The van der Waals surface area contributed by atoms with E-state index in [1.54, 1.807) is 0 Å². The van der Waals surface area contributed by atoms with Crippen LogP contribution in [0, 0.1) is 0 Å². The van der Waals surface area contributed by atoms with Crippen molar-refractivity contribution in [2.24, 2.45) is 0 Å². The molecule has 0 bridgehead atoms. The van der Waals surface area contributed by atoms with E-state index in [-0.39, 0.29) is 0 Å². The van der Waals surface area contributed by atoms with Gasteiger partial charge in [0.05, 0.1) is 27.8 Å². The second-order valence-electron chi connectivity index (χ2n) is 14.5. The summed E-state index contributed by atoms with van der Waals surface area (Å²) in [6, 6.07) is 69.1. The molecular weight excluding hydrogens is 685 g/mol. The molecule has 0 saturated carbocycles. The Labute approximate surface area is 321 Å². The maximum Gasteiger partial charge on any atom is 0.143 e. The molecule has 4 heteroatoms. The minimum atomic E-state index is 0.848. The Bertz CT molecular complexity index is 3460. The predicted molar refractivity (Wildman–Crippen MR) is 233 cm³/mol. The van der Waals surface area contributed by atoms with Crippen LogP contribution >= 0.6 is 0 Å². The van der Waals surface area contributed by atoms with Gasteiger partial charge in [-0.3, -0.25) is 0 Å². The number of furan rings is 2. The second-order valence-corrected chi connectivity index (χ2v) is 14.5. The minimum absolute atomic E-state index is 0.848. The van der Waals surface area contributed by atoms with Gasteiger partial charge in [0, 0.05) is 49.3 Å². The zero-order valence-electron chi connectivity index (χ0n) is 30.2. The van der Waals surface area contributed by atoms with Gasteiger partial charge in [-0.1, -0.05) is 121 Å². The van der Waals surface area contributed by atoms with Crippen LogP contribution in [-0.4, -0.2) is 4.57 Å². The Morgan fingerprint density at radius 1 is 0.393 bits per heavy atom. The molecule has 0 atom stereocenters. The molecule has 0 unspecified atom stereocenters. The SMILES string of the molecule is c1cc(N(c2ccccc2-c2ccc3oc4ccccc4c3c2)c2cccc3oc4c5ccccc5ccc4c23)cc(-n2c3ccccc3c3ccccc32)c1. The number of fused-ring (bicyclic) bond motifs is 11. The Kier molecular flexibility index (Phi) is 6.60. The van der Waals surface area contributed by atoms with Gasteiger partial charge in [0.15, 0.2) is 0 Å². The Morgan fingerprint density at radius 2 is 1.05 bits per heavy atom. The van der Waals surface area contributed by atoms with Gasteiger partial charge in [-0.25, -0.2) is 0 Å². The molecule has 0 spiro atoms. The standard InChI is InChI=1S/C52H32N2O2/c1-2-17-38-33(13-1)27-29-42-51-47(24-12-26-50(51)56-52(38)42)54(36-15-11-14-35(32-36)53-45-22-8-4-18-39(45)40-19-5-9-23-46(40)53)44-21-7-3-16-37(44)34-28-30-49-43(31-34)41-20-6-10-25-48(41)55-49/h1-32H. The van der Waals surface area contributed by atoms with Crippen molar-refractivity contribution in [1.29, 1.82) is 0 Å². The summed E-state index contributed by atoms with van der Waals surface area (Å²) < 4.78 is 15.4. The van der Waals surface area contributed by atoms with Gasteiger partial charge in [-0.15, -0.1) is 0 Å². The molecule has 0 amide bonds. The van der Waals surface area contributed by atoms with Crippen molar-refractivity contribution in [2.45, 2.75) is 0 Å². The van der Waals surface area contributed by atoms with E-state index in [2.05, 4.69) is 191 Å². The fraction of sp³-hybridized carbons (Fsp3) is 0. The highest BCUT2D eigenvalue weighted by atomic mass is 16.3. The van der Waals surface area contributed by atoms with Gasteiger partial charge in [-0.2, -0.15) is 0 Å². The quantitative estimate of drug-likeness (QED) is 0.178. The minimum Gasteiger partial charge on any atom is -0.456 e. The fourth-order valence-electron chi connectivity index (χ4n) is 8.91. The number of aromatic nitrogens is 1. The van der Waals surface area contributed by atoms with E-state index in [9.17, 15) is 0 Å². The van der Waals surface area contributed by atoms with Crippen LogP contribution in [0.15, 0.2) is 203 Å². The highest BCUT2D eigenvalue weighted by Gasteiger charge is 2.24. The van der Waals surface area contributed by atoms with Crippen LogP contribution in [0.5, 0.6) is 0 Å². The molecule has 0 N–H and O–H groups in total. The van der Waals surface area contributed by atoms with E-state index < -0.39 is 0 Å². The molecule has 9 aromatic carbocycles. The highest BCUT2D eigenvalue weighted by molar-refractivity contribution is 6.20. The normalized spacial score (nSPS) is 11.9. The van der Waals surface area contributed by atoms with Gasteiger partial charge < -0.3 is 18.3 Å². The lowest BCUT2D eigenvalue weighted by molar-refractivity contribution is 0.669. The molecule has 0 aliphatic carbocycles. The summed E-state index contributed by atoms with van der Waals surface area (Å²) in [6.45, 7) is 0. The van der Waals surface area contributed by atoms with E-state index in [0.717, 1.165) is 88.5 Å². The van der Waals surface area contributed by atoms with Crippen molar-refractivity contribution in [2.75, 3.05) is 4.90 Å². The number of para-hydroxylation sites is 4. The summed E-state index contributed by atoms with van der Waals surface area (Å²) in [7, 11) is 0. The van der Waals surface area contributed by atoms with Crippen LogP contribution in [0.25, 0.3) is 93.3 Å². The van der Waals surface area contributed by atoms with Crippen LogP contribution < -0.4 is 4.90 Å². The summed E-state index contributed by atoms with van der Waals surface area (Å²) in [5.74, 6) is 0. The lowest BCUT2D eigenvalue weighted by Gasteiger charge is -2.29. The van der Waals surface area contributed by atoms with Gasteiger partial charge >= 0.3 is 0 Å². The first kappa shape index (κ1) is 30.9. The van der Waals surface area contributed by atoms with Crippen LogP contribution in [0.2, 0.25) is 0 Å². The molecule has 262 valence electrons. The number of benzene rings is 9. The monoisotopic (exact) mass is 716 g/mol. The van der Waals surface area contributed by atoms with Crippen LogP contribution in [0.1, 0.15) is 0 Å². The molecule has 12 rings (SSSR count). The summed E-state index contributed by atoms with van der Waals surface area (Å²) in [5, 5.41) is 9.10. The van der Waals surface area contributed by atoms with Gasteiger partial charge in [0.1, 0.15) is 22.3 Å². The zero-order chi connectivity index (χ0) is 36.7. The summed E-state index contributed by atoms with van der Waals surface area (Å²) >= 11 is 0. The highest BCUT2D eigenvalue weighted by Crippen LogP contribution is 2.48. The van der Waals surface area contributed by atoms with Crippen molar-refractivity contribution in [3.8, 4) is 16.8 Å². The molecule has 0 radical (unpaired) electrons. The topological polar surface area (TPSA) is 34.5 Å². The van der Waals surface area contributed by atoms with E-state index in [1.165, 1.54) is 21.8 Å². The third-order valence-corrected chi connectivity index (χ3v) is 11.4. The first-order chi connectivity index (χ1) is 27.8. The van der Waals surface area contributed by atoms with Crippen molar-refractivity contribution in [3.05, 3.63) is 194 Å². The zero-order valence-corrected chi connectivity index (χ0v) is 30.2. The maximum atomic E-state index is 6.76. The van der Waals surface area contributed by atoms with Gasteiger partial charge in [0.25, 0.3) is 0 Å². The van der Waals surface area contributed by atoms with Crippen molar-refractivity contribution in [3.63, 3.8) is 0 Å². The molecule has 3 aromatic heterocycles. The molecule has 56 heavy (non-hydrogen) atoms. The molecule has 4 nitrogen and oxygen atoms in total. The number of hydrogen-bond donors (Lipinski definition) is 0. The van der Waals surface area contributed by atoms with Gasteiger partial charge in [-0.05, 0) is 83.7 Å². The number of hydrogen-bond acceptors (Lipinski definition) is 3. The molecule has 3 heterocycles. The number of anilines is 3. The van der Waals surface area contributed by atoms with Crippen molar-refractivity contribution >= 4 is 93.5 Å². The smallest absolute Gasteiger partial charge is 0.143 e. The Hall–Kier alpha value is -7.56. The Morgan fingerprint density at radius 3 is 1.91 bits per heavy atom. The van der Waals surface area contributed by atoms with Crippen molar-refractivity contribution in [1.82, 2.24) is 4.57 Å². The lowest BCUT2D eigenvalue weighted by Crippen LogP contribution is -2.12. The van der Waals surface area contributed by atoms with Gasteiger partial charge in [0.2, 0.25) is 0 Å². The molecule has 0 fully saturated rings. The summed E-state index contributed by atoms with van der Waals surface area (Å²) in [6.07, 6.45) is 0. The molecule has 0 aliphatic heterocycles. The molecular formula is C52H32N2O2. The lowest BCUT2D eigenvalue weighted by atomic mass is 9.99. The first-order valence-corrected chi connectivity index (χ1v) is 19.0. The van der Waals surface area contributed by atoms with E-state index in [4.69, 9.17) is 8.83 Å². The average Bonchev–Trinajstić information content (AvgIpc) is 3.94. The number of rotatable bonds is 5. The second kappa shape index (κ2) is 12.0. The van der Waals surface area contributed by atoms with E-state index in [0.29, 0.717) is 0 Å². The predicted octanol–water partition coefficient (Wildman–Crippen LogP) is 14.9. The Balaban J connectivity index is 1.14. The molecule has 12 aromatic rings. The average molecular weight is 717 g/mol.